The lowest BCUT2D eigenvalue weighted by Crippen LogP contribution is -2.08. The third-order valence-corrected chi connectivity index (χ3v) is 3.34. The van der Waals surface area contributed by atoms with Gasteiger partial charge in [-0.1, -0.05) is 29.8 Å². The highest BCUT2D eigenvalue weighted by Gasteiger charge is 2.20. The first-order valence-electron chi connectivity index (χ1n) is 6.75. The summed E-state index contributed by atoms with van der Waals surface area (Å²) in [6, 6.07) is 7.83. The van der Waals surface area contributed by atoms with E-state index in [4.69, 9.17) is 17.3 Å². The van der Waals surface area contributed by atoms with Crippen molar-refractivity contribution in [1.29, 1.82) is 0 Å². The van der Waals surface area contributed by atoms with Gasteiger partial charge in [0.2, 0.25) is 11.8 Å². The van der Waals surface area contributed by atoms with Gasteiger partial charge in [-0.2, -0.15) is 9.67 Å². The summed E-state index contributed by atoms with van der Waals surface area (Å²) < 4.78 is 27.1. The molecule has 3 rings (SSSR count). The predicted octanol–water partition coefficient (Wildman–Crippen LogP) is 2.53. The van der Waals surface area contributed by atoms with Crippen LogP contribution in [-0.2, 0) is 6.42 Å². The lowest BCUT2D eigenvalue weighted by atomic mass is 10.1. The third kappa shape index (κ3) is 3.25. The standard InChI is InChI=1S/C14H11ClF2N6O/c15-9-6-11(21-14(18)19-9)23-10(20-13(22-23)12(16)17)5-7-3-1-2-4-8(7)24/h1-4,6,12,24H,5H2,(H2,18,19,21). The topological polar surface area (TPSA) is 103 Å². The summed E-state index contributed by atoms with van der Waals surface area (Å²) in [7, 11) is 0. The van der Waals surface area contributed by atoms with Crippen LogP contribution in [0.3, 0.4) is 0 Å². The van der Waals surface area contributed by atoms with E-state index in [1.54, 1.807) is 18.2 Å². The SMILES string of the molecule is Nc1nc(Cl)cc(-n2nc(C(F)F)nc2Cc2ccccc2O)n1. The Labute approximate surface area is 139 Å². The molecule has 7 nitrogen and oxygen atoms in total. The van der Waals surface area contributed by atoms with Crippen LogP contribution in [0.25, 0.3) is 5.82 Å². The molecular formula is C14H11ClF2N6O. The zero-order valence-corrected chi connectivity index (χ0v) is 12.8. The second-order valence-corrected chi connectivity index (χ2v) is 5.20. The second-order valence-electron chi connectivity index (χ2n) is 4.81. The first-order valence-corrected chi connectivity index (χ1v) is 7.13. The highest BCUT2D eigenvalue weighted by atomic mass is 35.5. The van der Waals surface area contributed by atoms with E-state index in [1.807, 2.05) is 0 Å². The summed E-state index contributed by atoms with van der Waals surface area (Å²) in [5.41, 5.74) is 6.03. The molecule has 124 valence electrons. The van der Waals surface area contributed by atoms with Gasteiger partial charge < -0.3 is 10.8 Å². The molecule has 3 aromatic rings. The van der Waals surface area contributed by atoms with Gasteiger partial charge in [0.05, 0.1) is 0 Å². The first kappa shape index (κ1) is 16.1. The van der Waals surface area contributed by atoms with Crippen LogP contribution in [0.15, 0.2) is 30.3 Å². The molecule has 0 atom stereocenters. The number of rotatable bonds is 4. The Hall–Kier alpha value is -2.81. The number of para-hydroxylation sites is 1. The first-order chi connectivity index (χ1) is 11.4. The van der Waals surface area contributed by atoms with E-state index in [2.05, 4.69) is 20.1 Å². The van der Waals surface area contributed by atoms with Crippen LogP contribution in [0.2, 0.25) is 5.15 Å². The molecule has 0 spiro atoms. The Morgan fingerprint density at radius 1 is 1.21 bits per heavy atom. The number of nitrogen functional groups attached to an aromatic ring is 1. The number of halogens is 3. The number of aromatic nitrogens is 5. The van der Waals surface area contributed by atoms with Gasteiger partial charge in [0.25, 0.3) is 6.43 Å². The van der Waals surface area contributed by atoms with E-state index in [0.29, 0.717) is 5.56 Å². The molecule has 1 aromatic carbocycles. The predicted molar refractivity (Wildman–Crippen MR) is 82.2 cm³/mol. The fraction of sp³-hybridized carbons (Fsp3) is 0.143. The Morgan fingerprint density at radius 2 is 1.96 bits per heavy atom. The molecule has 0 unspecified atom stereocenters. The minimum atomic E-state index is -2.86. The van der Waals surface area contributed by atoms with Crippen molar-refractivity contribution in [3.8, 4) is 11.6 Å². The summed E-state index contributed by atoms with van der Waals surface area (Å²) in [6.07, 6.45) is -2.79. The van der Waals surface area contributed by atoms with Crippen LogP contribution < -0.4 is 5.73 Å². The number of aromatic hydroxyl groups is 1. The summed E-state index contributed by atoms with van der Waals surface area (Å²) in [5.74, 6) is -0.502. The number of benzene rings is 1. The average molecular weight is 353 g/mol. The zero-order valence-electron chi connectivity index (χ0n) is 12.1. The van der Waals surface area contributed by atoms with E-state index in [9.17, 15) is 13.9 Å². The number of phenols is 1. The number of nitrogens with two attached hydrogens (primary N) is 1. The Morgan fingerprint density at radius 3 is 2.62 bits per heavy atom. The fourth-order valence-corrected chi connectivity index (χ4v) is 2.30. The molecule has 0 saturated heterocycles. The highest BCUT2D eigenvalue weighted by Crippen LogP contribution is 2.23. The number of nitrogens with zero attached hydrogens (tertiary/aromatic N) is 5. The molecule has 0 aliphatic heterocycles. The van der Waals surface area contributed by atoms with E-state index in [0.717, 1.165) is 4.68 Å². The summed E-state index contributed by atoms with van der Waals surface area (Å²) in [4.78, 5) is 11.5. The zero-order chi connectivity index (χ0) is 17.3. The molecule has 0 fully saturated rings. The molecule has 2 aromatic heterocycles. The normalized spacial score (nSPS) is 11.2. The monoisotopic (exact) mass is 352 g/mol. The molecule has 2 heterocycles. The van der Waals surface area contributed by atoms with Crippen molar-refractivity contribution in [2.24, 2.45) is 0 Å². The maximum atomic E-state index is 13.0. The number of hydrogen-bond acceptors (Lipinski definition) is 6. The molecular weight excluding hydrogens is 342 g/mol. The molecule has 24 heavy (non-hydrogen) atoms. The van der Waals surface area contributed by atoms with Crippen molar-refractivity contribution in [2.45, 2.75) is 12.8 Å². The molecule has 0 aliphatic carbocycles. The van der Waals surface area contributed by atoms with Crippen molar-refractivity contribution >= 4 is 17.5 Å². The lowest BCUT2D eigenvalue weighted by molar-refractivity contribution is 0.140. The maximum absolute atomic E-state index is 13.0. The number of hydrogen-bond donors (Lipinski definition) is 2. The largest absolute Gasteiger partial charge is 0.508 e. The van der Waals surface area contributed by atoms with Gasteiger partial charge in [0, 0.05) is 18.1 Å². The van der Waals surface area contributed by atoms with E-state index in [-0.39, 0.29) is 34.9 Å². The highest BCUT2D eigenvalue weighted by molar-refractivity contribution is 6.29. The smallest absolute Gasteiger partial charge is 0.299 e. The molecule has 0 radical (unpaired) electrons. The summed E-state index contributed by atoms with van der Waals surface area (Å²) >= 11 is 5.83. The van der Waals surface area contributed by atoms with Gasteiger partial charge >= 0.3 is 0 Å². The summed E-state index contributed by atoms with van der Waals surface area (Å²) in [6.45, 7) is 0. The molecule has 0 saturated carbocycles. The molecule has 0 aliphatic rings. The van der Waals surface area contributed by atoms with Crippen LogP contribution in [0.4, 0.5) is 14.7 Å². The van der Waals surface area contributed by atoms with Crippen molar-refractivity contribution in [1.82, 2.24) is 24.7 Å². The second kappa shape index (κ2) is 6.36. The van der Waals surface area contributed by atoms with Crippen LogP contribution in [0.5, 0.6) is 5.75 Å². The van der Waals surface area contributed by atoms with Crippen molar-refractivity contribution in [3.63, 3.8) is 0 Å². The fourth-order valence-electron chi connectivity index (χ4n) is 2.11. The molecule has 3 N–H and O–H groups in total. The van der Waals surface area contributed by atoms with E-state index in [1.165, 1.54) is 12.1 Å². The number of phenolic OH excluding ortho intramolecular Hbond substituents is 1. The van der Waals surface area contributed by atoms with Crippen LogP contribution in [0, 0.1) is 0 Å². The van der Waals surface area contributed by atoms with E-state index < -0.39 is 12.2 Å². The number of anilines is 1. The Bertz CT molecular complexity index is 865. The quantitative estimate of drug-likeness (QED) is 0.699. The van der Waals surface area contributed by atoms with E-state index >= 15 is 0 Å². The van der Waals surface area contributed by atoms with Crippen molar-refractivity contribution in [3.05, 3.63) is 52.7 Å². The lowest BCUT2D eigenvalue weighted by Gasteiger charge is -2.07. The van der Waals surface area contributed by atoms with Crippen molar-refractivity contribution < 1.29 is 13.9 Å². The van der Waals surface area contributed by atoms with Gasteiger partial charge in [-0.3, -0.25) is 0 Å². The van der Waals surface area contributed by atoms with Crippen molar-refractivity contribution in [2.75, 3.05) is 5.73 Å². The van der Waals surface area contributed by atoms with Crippen LogP contribution >= 0.6 is 11.6 Å². The molecule has 0 bridgehead atoms. The van der Waals surface area contributed by atoms with Gasteiger partial charge in [0.15, 0.2) is 5.82 Å². The van der Waals surface area contributed by atoms with Gasteiger partial charge in [-0.05, 0) is 6.07 Å². The molecule has 0 amide bonds. The Balaban J connectivity index is 2.09. The van der Waals surface area contributed by atoms with Gasteiger partial charge in [0.1, 0.15) is 16.7 Å². The maximum Gasteiger partial charge on any atom is 0.299 e. The minimum absolute atomic E-state index is 0.0193. The van der Waals surface area contributed by atoms with Gasteiger partial charge in [-0.15, -0.1) is 5.10 Å². The average Bonchev–Trinajstić information content (AvgIpc) is 2.93. The minimum Gasteiger partial charge on any atom is -0.508 e. The number of alkyl halides is 2. The Kier molecular flexibility index (Phi) is 4.26. The third-order valence-electron chi connectivity index (χ3n) is 3.14. The van der Waals surface area contributed by atoms with Gasteiger partial charge in [-0.25, -0.2) is 18.7 Å². The van der Waals surface area contributed by atoms with Crippen LogP contribution in [0.1, 0.15) is 23.6 Å². The molecule has 10 heteroatoms. The summed E-state index contributed by atoms with van der Waals surface area (Å²) in [5, 5.41) is 13.7. The van der Waals surface area contributed by atoms with Crippen LogP contribution in [-0.4, -0.2) is 29.8 Å².